The quantitative estimate of drug-likeness (QED) is 0.547. The standard InChI is InChI=1S/C18H26O2/c1-2-15-10-12-16(13-11-15)7-4-3-5-8-17-9-6-14-20-18(17)19/h10-13,17H,2-9,14H2,1H3. The lowest BCUT2D eigenvalue weighted by atomic mass is 9.94. The fraction of sp³-hybridized carbons (Fsp3) is 0.611. The third kappa shape index (κ3) is 4.66. The topological polar surface area (TPSA) is 26.3 Å². The van der Waals surface area contributed by atoms with Gasteiger partial charge in [-0.05, 0) is 49.7 Å². The van der Waals surface area contributed by atoms with E-state index < -0.39 is 0 Å². The minimum Gasteiger partial charge on any atom is -0.465 e. The average molecular weight is 274 g/mol. The molecular formula is C18H26O2. The van der Waals surface area contributed by atoms with Gasteiger partial charge in [0.25, 0.3) is 0 Å². The summed E-state index contributed by atoms with van der Waals surface area (Å²) >= 11 is 0. The van der Waals surface area contributed by atoms with E-state index in [4.69, 9.17) is 4.74 Å². The van der Waals surface area contributed by atoms with E-state index >= 15 is 0 Å². The fourth-order valence-corrected chi connectivity index (χ4v) is 2.84. The zero-order valence-corrected chi connectivity index (χ0v) is 12.6. The molecule has 0 amide bonds. The second-order valence-corrected chi connectivity index (χ2v) is 5.78. The molecule has 0 bridgehead atoms. The number of esters is 1. The van der Waals surface area contributed by atoms with Crippen molar-refractivity contribution in [3.8, 4) is 0 Å². The summed E-state index contributed by atoms with van der Waals surface area (Å²) in [5, 5.41) is 0. The van der Waals surface area contributed by atoms with Crippen molar-refractivity contribution < 1.29 is 9.53 Å². The normalized spacial score (nSPS) is 18.9. The van der Waals surface area contributed by atoms with Gasteiger partial charge in [-0.1, -0.05) is 44.0 Å². The molecule has 1 aromatic carbocycles. The first kappa shape index (κ1) is 15.1. The number of hydrogen-bond acceptors (Lipinski definition) is 2. The van der Waals surface area contributed by atoms with E-state index in [9.17, 15) is 4.79 Å². The Hall–Kier alpha value is -1.31. The molecule has 1 aliphatic heterocycles. The maximum absolute atomic E-state index is 11.5. The van der Waals surface area contributed by atoms with E-state index in [-0.39, 0.29) is 11.9 Å². The number of benzene rings is 1. The van der Waals surface area contributed by atoms with Crippen LogP contribution in [-0.4, -0.2) is 12.6 Å². The summed E-state index contributed by atoms with van der Waals surface area (Å²) in [7, 11) is 0. The number of aryl methyl sites for hydroxylation is 2. The molecule has 0 aliphatic carbocycles. The number of ether oxygens (including phenoxy) is 1. The SMILES string of the molecule is CCc1ccc(CCCCCC2CCCOC2=O)cc1. The zero-order valence-electron chi connectivity index (χ0n) is 12.6. The molecule has 1 saturated heterocycles. The summed E-state index contributed by atoms with van der Waals surface area (Å²) in [6.07, 6.45) is 8.90. The first-order valence-corrected chi connectivity index (χ1v) is 8.04. The highest BCUT2D eigenvalue weighted by Gasteiger charge is 2.22. The molecule has 1 aliphatic rings. The van der Waals surface area contributed by atoms with E-state index in [0.717, 1.165) is 38.5 Å². The number of carbonyl (C=O) groups excluding carboxylic acids is 1. The van der Waals surface area contributed by atoms with Gasteiger partial charge in [0.05, 0.1) is 12.5 Å². The van der Waals surface area contributed by atoms with Crippen LogP contribution in [0, 0.1) is 5.92 Å². The average Bonchev–Trinajstić information content (AvgIpc) is 2.49. The molecule has 2 nitrogen and oxygen atoms in total. The van der Waals surface area contributed by atoms with E-state index in [1.54, 1.807) is 0 Å². The molecule has 110 valence electrons. The summed E-state index contributed by atoms with van der Waals surface area (Å²) in [5.41, 5.74) is 2.84. The minimum absolute atomic E-state index is 0.0337. The van der Waals surface area contributed by atoms with Crippen LogP contribution >= 0.6 is 0 Å². The number of rotatable bonds is 7. The van der Waals surface area contributed by atoms with Crippen molar-refractivity contribution in [3.63, 3.8) is 0 Å². The van der Waals surface area contributed by atoms with E-state index in [1.165, 1.54) is 24.0 Å². The Balaban J connectivity index is 1.60. The molecule has 1 fully saturated rings. The monoisotopic (exact) mass is 274 g/mol. The Morgan fingerprint density at radius 1 is 1.10 bits per heavy atom. The van der Waals surface area contributed by atoms with Gasteiger partial charge in [-0.3, -0.25) is 4.79 Å². The molecule has 0 N–H and O–H groups in total. The second-order valence-electron chi connectivity index (χ2n) is 5.78. The van der Waals surface area contributed by atoms with Crippen LogP contribution in [0.4, 0.5) is 0 Å². The Morgan fingerprint density at radius 2 is 1.85 bits per heavy atom. The van der Waals surface area contributed by atoms with Crippen molar-refractivity contribution in [2.24, 2.45) is 5.92 Å². The third-order valence-electron chi connectivity index (χ3n) is 4.22. The Morgan fingerprint density at radius 3 is 2.55 bits per heavy atom. The van der Waals surface area contributed by atoms with Gasteiger partial charge in [0.1, 0.15) is 0 Å². The Bertz CT molecular complexity index is 408. The van der Waals surface area contributed by atoms with Crippen LogP contribution in [0.1, 0.15) is 56.6 Å². The highest BCUT2D eigenvalue weighted by atomic mass is 16.5. The molecule has 2 rings (SSSR count). The Kier molecular flexibility index (Phi) is 6.10. The summed E-state index contributed by atoms with van der Waals surface area (Å²) in [6, 6.07) is 8.95. The predicted octanol–water partition coefficient (Wildman–Crippen LogP) is 4.31. The third-order valence-corrected chi connectivity index (χ3v) is 4.22. The van der Waals surface area contributed by atoms with Crippen molar-refractivity contribution in [2.75, 3.05) is 6.61 Å². The molecule has 0 radical (unpaired) electrons. The smallest absolute Gasteiger partial charge is 0.308 e. The van der Waals surface area contributed by atoms with Crippen LogP contribution in [0.2, 0.25) is 0 Å². The number of unbranched alkanes of at least 4 members (excludes halogenated alkanes) is 2. The molecule has 1 atom stereocenters. The Labute approximate surface area is 122 Å². The molecule has 1 heterocycles. The minimum atomic E-state index is 0.0337. The van der Waals surface area contributed by atoms with E-state index in [1.807, 2.05) is 0 Å². The predicted molar refractivity (Wildman–Crippen MR) is 81.7 cm³/mol. The van der Waals surface area contributed by atoms with Crippen LogP contribution < -0.4 is 0 Å². The van der Waals surface area contributed by atoms with Gasteiger partial charge in [0.15, 0.2) is 0 Å². The van der Waals surface area contributed by atoms with Crippen molar-refractivity contribution in [1.82, 2.24) is 0 Å². The van der Waals surface area contributed by atoms with Crippen molar-refractivity contribution in [2.45, 2.75) is 58.3 Å². The first-order chi connectivity index (χ1) is 9.79. The number of cyclic esters (lactones) is 1. The molecule has 2 heteroatoms. The van der Waals surface area contributed by atoms with Crippen LogP contribution in [0.3, 0.4) is 0 Å². The summed E-state index contributed by atoms with van der Waals surface area (Å²) in [5.74, 6) is 0.207. The largest absolute Gasteiger partial charge is 0.465 e. The van der Waals surface area contributed by atoms with Gasteiger partial charge in [-0.25, -0.2) is 0 Å². The maximum Gasteiger partial charge on any atom is 0.308 e. The lowest BCUT2D eigenvalue weighted by Crippen LogP contribution is -2.23. The molecule has 1 unspecified atom stereocenters. The van der Waals surface area contributed by atoms with Crippen LogP contribution in [0.15, 0.2) is 24.3 Å². The van der Waals surface area contributed by atoms with Crippen LogP contribution in [0.25, 0.3) is 0 Å². The first-order valence-electron chi connectivity index (χ1n) is 8.04. The highest BCUT2D eigenvalue weighted by molar-refractivity contribution is 5.72. The molecule has 1 aromatic rings. The summed E-state index contributed by atoms with van der Waals surface area (Å²) < 4.78 is 5.10. The van der Waals surface area contributed by atoms with Crippen LogP contribution in [0.5, 0.6) is 0 Å². The molecule has 0 saturated carbocycles. The van der Waals surface area contributed by atoms with E-state index in [0.29, 0.717) is 6.61 Å². The van der Waals surface area contributed by atoms with Gasteiger partial charge >= 0.3 is 5.97 Å². The second kappa shape index (κ2) is 8.08. The van der Waals surface area contributed by atoms with E-state index in [2.05, 4.69) is 31.2 Å². The molecule has 0 spiro atoms. The van der Waals surface area contributed by atoms with Gasteiger partial charge in [-0.2, -0.15) is 0 Å². The summed E-state index contributed by atoms with van der Waals surface area (Å²) in [4.78, 5) is 11.5. The van der Waals surface area contributed by atoms with Crippen LogP contribution in [-0.2, 0) is 22.4 Å². The summed E-state index contributed by atoms with van der Waals surface area (Å²) in [6.45, 7) is 2.81. The molecule has 0 aromatic heterocycles. The van der Waals surface area contributed by atoms with Gasteiger partial charge in [-0.15, -0.1) is 0 Å². The van der Waals surface area contributed by atoms with Gasteiger partial charge < -0.3 is 4.74 Å². The highest BCUT2D eigenvalue weighted by Crippen LogP contribution is 2.21. The lowest BCUT2D eigenvalue weighted by molar-refractivity contribution is -0.153. The van der Waals surface area contributed by atoms with Crippen molar-refractivity contribution in [1.29, 1.82) is 0 Å². The van der Waals surface area contributed by atoms with Crippen molar-refractivity contribution >= 4 is 5.97 Å². The molecule has 20 heavy (non-hydrogen) atoms. The number of hydrogen-bond donors (Lipinski definition) is 0. The zero-order chi connectivity index (χ0) is 14.2. The lowest BCUT2D eigenvalue weighted by Gasteiger charge is -2.20. The van der Waals surface area contributed by atoms with Crippen molar-refractivity contribution in [3.05, 3.63) is 35.4 Å². The van der Waals surface area contributed by atoms with Gasteiger partial charge in [0, 0.05) is 0 Å². The maximum atomic E-state index is 11.5. The van der Waals surface area contributed by atoms with Gasteiger partial charge in [0.2, 0.25) is 0 Å². The molecular weight excluding hydrogens is 248 g/mol. The fourth-order valence-electron chi connectivity index (χ4n) is 2.84. The number of carbonyl (C=O) groups is 1.